The van der Waals surface area contributed by atoms with Crippen LogP contribution in [0.3, 0.4) is 0 Å². The van der Waals surface area contributed by atoms with Crippen molar-refractivity contribution in [1.82, 2.24) is 20.5 Å². The van der Waals surface area contributed by atoms with Gasteiger partial charge in [0, 0.05) is 41.4 Å². The monoisotopic (exact) mass is 484 g/mol. The van der Waals surface area contributed by atoms with E-state index in [0.29, 0.717) is 24.6 Å². The first-order valence-electron chi connectivity index (χ1n) is 11.6. The lowest BCUT2D eigenvalue weighted by molar-refractivity contribution is -0.136. The van der Waals surface area contributed by atoms with Crippen molar-refractivity contribution in [2.24, 2.45) is 0 Å². The van der Waals surface area contributed by atoms with Crippen LogP contribution in [0.2, 0.25) is 0 Å². The quantitative estimate of drug-likeness (QED) is 0.461. The van der Waals surface area contributed by atoms with Crippen molar-refractivity contribution in [3.05, 3.63) is 45.4 Å². The summed E-state index contributed by atoms with van der Waals surface area (Å²) in [7, 11) is 0. The van der Waals surface area contributed by atoms with Gasteiger partial charge in [0.05, 0.1) is 11.4 Å². The number of imide groups is 1. The predicted molar refractivity (Wildman–Crippen MR) is 128 cm³/mol. The molecule has 1 saturated carbocycles. The summed E-state index contributed by atoms with van der Waals surface area (Å²) < 4.78 is 0. The maximum Gasteiger partial charge on any atom is 0.255 e. The predicted octanol–water partition coefficient (Wildman–Crippen LogP) is 3.62. The number of amides is 3. The molecule has 1 aliphatic carbocycles. The fraction of sp³-hybridized carbons (Fsp3) is 0.500. The van der Waals surface area contributed by atoms with Gasteiger partial charge in [-0.15, -0.1) is 23.1 Å². The number of carbonyl (C=O) groups is 3. The van der Waals surface area contributed by atoms with E-state index in [4.69, 9.17) is 4.98 Å². The molecule has 1 unspecified atom stereocenters. The Morgan fingerprint density at radius 3 is 2.82 bits per heavy atom. The smallest absolute Gasteiger partial charge is 0.255 e. The van der Waals surface area contributed by atoms with Crippen molar-refractivity contribution in [3.63, 3.8) is 0 Å². The molecule has 2 N–H and O–H groups in total. The van der Waals surface area contributed by atoms with Gasteiger partial charge in [0.15, 0.2) is 0 Å². The molecule has 2 aromatic rings. The van der Waals surface area contributed by atoms with Crippen molar-refractivity contribution in [2.75, 3.05) is 0 Å². The van der Waals surface area contributed by atoms with Crippen LogP contribution in [0.4, 0.5) is 0 Å². The number of rotatable bonds is 7. The molecular formula is C24H28N4O3S2. The SMILES string of the molecule is O=C1CCC(N2Cc3c(SCc4nc(CNC5CCCCC5)cs4)cccc3C2=O)C(=O)N1. The summed E-state index contributed by atoms with van der Waals surface area (Å²) in [6.07, 6.45) is 7.17. The van der Waals surface area contributed by atoms with Crippen LogP contribution >= 0.6 is 23.1 Å². The second-order valence-corrected chi connectivity index (χ2v) is 10.9. The highest BCUT2D eigenvalue weighted by Gasteiger charge is 2.39. The van der Waals surface area contributed by atoms with Gasteiger partial charge in [-0.1, -0.05) is 25.3 Å². The minimum atomic E-state index is -0.585. The highest BCUT2D eigenvalue weighted by molar-refractivity contribution is 7.98. The lowest BCUT2D eigenvalue weighted by Crippen LogP contribution is -2.52. The average Bonchev–Trinajstić information content (AvgIpc) is 3.42. The van der Waals surface area contributed by atoms with Crippen LogP contribution in [0.15, 0.2) is 28.5 Å². The maximum absolute atomic E-state index is 13.0. The van der Waals surface area contributed by atoms with Crippen LogP contribution in [0, 0.1) is 0 Å². The Hall–Kier alpha value is -2.23. The third kappa shape index (κ3) is 5.00. The van der Waals surface area contributed by atoms with Gasteiger partial charge in [0.1, 0.15) is 11.0 Å². The van der Waals surface area contributed by atoms with E-state index >= 15 is 0 Å². The molecule has 7 nitrogen and oxygen atoms in total. The normalized spacial score (nSPS) is 21.4. The summed E-state index contributed by atoms with van der Waals surface area (Å²) in [4.78, 5) is 44.2. The third-order valence-corrected chi connectivity index (χ3v) is 8.86. The van der Waals surface area contributed by atoms with Gasteiger partial charge in [-0.25, -0.2) is 4.98 Å². The molecule has 0 radical (unpaired) electrons. The van der Waals surface area contributed by atoms with Gasteiger partial charge >= 0.3 is 0 Å². The molecule has 3 heterocycles. The van der Waals surface area contributed by atoms with Crippen LogP contribution in [-0.2, 0) is 28.4 Å². The first kappa shape index (κ1) is 22.6. The van der Waals surface area contributed by atoms with Crippen molar-refractivity contribution in [2.45, 2.75) is 80.8 Å². The van der Waals surface area contributed by atoms with E-state index in [0.717, 1.165) is 33.5 Å². The zero-order valence-corrected chi connectivity index (χ0v) is 20.1. The molecule has 1 aromatic carbocycles. The topological polar surface area (TPSA) is 91.4 Å². The minimum absolute atomic E-state index is 0.132. The first-order chi connectivity index (χ1) is 16.1. The number of nitrogens with one attached hydrogen (secondary N) is 2. The summed E-state index contributed by atoms with van der Waals surface area (Å²) in [6, 6.07) is 5.79. The standard InChI is InChI=1S/C24H28N4O3S2/c29-21-10-9-19(23(30)27-21)28-12-18-17(24(28)31)7-4-8-20(18)32-14-22-26-16(13-33-22)11-25-15-5-2-1-3-6-15/h4,7-8,13,15,19,25H,1-3,5-6,9-12,14H2,(H,27,29,30). The van der Waals surface area contributed by atoms with Crippen molar-refractivity contribution in [3.8, 4) is 0 Å². The minimum Gasteiger partial charge on any atom is -0.322 e. The molecule has 3 aliphatic rings. The molecule has 1 atom stereocenters. The lowest BCUT2D eigenvalue weighted by atomic mass is 9.95. The zero-order chi connectivity index (χ0) is 22.8. The number of hydrogen-bond acceptors (Lipinski definition) is 7. The fourth-order valence-electron chi connectivity index (χ4n) is 4.88. The summed E-state index contributed by atoms with van der Waals surface area (Å²) in [5.74, 6) is -0.0311. The number of hydrogen-bond donors (Lipinski definition) is 2. The van der Waals surface area contributed by atoms with Gasteiger partial charge in [0.2, 0.25) is 11.8 Å². The number of thiazole rings is 1. The number of thioether (sulfide) groups is 1. The Labute approximate surface area is 201 Å². The Morgan fingerprint density at radius 2 is 2.00 bits per heavy atom. The van der Waals surface area contributed by atoms with Crippen LogP contribution in [-0.4, -0.2) is 39.7 Å². The molecule has 0 bridgehead atoms. The van der Waals surface area contributed by atoms with Crippen LogP contribution in [0.1, 0.15) is 71.6 Å². The average molecular weight is 485 g/mol. The number of benzene rings is 1. The van der Waals surface area contributed by atoms with Gasteiger partial charge < -0.3 is 10.2 Å². The van der Waals surface area contributed by atoms with Crippen LogP contribution in [0.25, 0.3) is 0 Å². The van der Waals surface area contributed by atoms with E-state index in [1.54, 1.807) is 28.0 Å². The van der Waals surface area contributed by atoms with Crippen LogP contribution in [0.5, 0.6) is 0 Å². The number of fused-ring (bicyclic) bond motifs is 1. The van der Waals surface area contributed by atoms with Crippen LogP contribution < -0.4 is 10.6 Å². The van der Waals surface area contributed by atoms with E-state index in [1.165, 1.54) is 32.1 Å². The molecule has 1 saturated heterocycles. The molecule has 0 spiro atoms. The lowest BCUT2D eigenvalue weighted by Gasteiger charge is -2.29. The summed E-state index contributed by atoms with van der Waals surface area (Å²) in [5.41, 5.74) is 2.72. The Kier molecular flexibility index (Phi) is 6.80. The summed E-state index contributed by atoms with van der Waals surface area (Å²) in [5, 5.41) is 9.21. The number of piperidine rings is 1. The van der Waals surface area contributed by atoms with Gasteiger partial charge in [-0.05, 0) is 37.0 Å². The molecule has 33 heavy (non-hydrogen) atoms. The molecule has 3 amide bonds. The van der Waals surface area contributed by atoms with E-state index < -0.39 is 6.04 Å². The first-order valence-corrected chi connectivity index (χ1v) is 13.5. The second kappa shape index (κ2) is 9.95. The van der Waals surface area contributed by atoms with Gasteiger partial charge in [0.25, 0.3) is 5.91 Å². The van der Waals surface area contributed by atoms with E-state index in [-0.39, 0.29) is 24.1 Å². The molecule has 2 aliphatic heterocycles. The van der Waals surface area contributed by atoms with E-state index in [1.807, 2.05) is 18.2 Å². The molecule has 2 fully saturated rings. The zero-order valence-electron chi connectivity index (χ0n) is 18.5. The molecule has 5 rings (SSSR count). The van der Waals surface area contributed by atoms with Crippen molar-refractivity contribution < 1.29 is 14.4 Å². The highest BCUT2D eigenvalue weighted by Crippen LogP contribution is 2.36. The Bertz CT molecular complexity index is 1060. The maximum atomic E-state index is 13.0. The summed E-state index contributed by atoms with van der Waals surface area (Å²) in [6.45, 7) is 1.22. The number of nitrogens with zero attached hydrogens (tertiary/aromatic N) is 2. The molecule has 9 heteroatoms. The summed E-state index contributed by atoms with van der Waals surface area (Å²) >= 11 is 3.36. The molecule has 174 valence electrons. The van der Waals surface area contributed by atoms with E-state index in [2.05, 4.69) is 16.0 Å². The second-order valence-electron chi connectivity index (χ2n) is 8.92. The fourth-order valence-corrected chi connectivity index (χ4v) is 6.78. The van der Waals surface area contributed by atoms with Gasteiger partial charge in [-0.3, -0.25) is 19.7 Å². The third-order valence-electron chi connectivity index (χ3n) is 6.67. The number of aromatic nitrogens is 1. The molecular weight excluding hydrogens is 456 g/mol. The number of carbonyl (C=O) groups excluding carboxylic acids is 3. The largest absolute Gasteiger partial charge is 0.322 e. The Balaban J connectivity index is 1.20. The van der Waals surface area contributed by atoms with Crippen molar-refractivity contribution in [1.29, 1.82) is 0 Å². The highest BCUT2D eigenvalue weighted by atomic mass is 32.2. The van der Waals surface area contributed by atoms with E-state index in [9.17, 15) is 14.4 Å². The molecule has 1 aromatic heterocycles. The van der Waals surface area contributed by atoms with Crippen molar-refractivity contribution >= 4 is 40.8 Å². The Morgan fingerprint density at radius 1 is 1.15 bits per heavy atom. The van der Waals surface area contributed by atoms with Gasteiger partial charge in [-0.2, -0.15) is 0 Å².